The molecule has 0 aromatic heterocycles. The standard InChI is InChI=1S/C18H22OSi/c1-3-4-15-18(19)20(2,16-11-7-5-8-12-16)17-13-9-6-10-14-17/h5-14H,3-4,15H2,1-2H3. The van der Waals surface area contributed by atoms with Crippen molar-refractivity contribution in [3.8, 4) is 0 Å². The van der Waals surface area contributed by atoms with E-state index in [-0.39, 0.29) is 0 Å². The second-order valence-electron chi connectivity index (χ2n) is 5.38. The highest BCUT2D eigenvalue weighted by molar-refractivity contribution is 7.21. The third-order valence-corrected chi connectivity index (χ3v) is 8.36. The van der Waals surface area contributed by atoms with Crippen molar-refractivity contribution in [3.63, 3.8) is 0 Å². The Labute approximate surface area is 122 Å². The molecule has 0 aliphatic rings. The van der Waals surface area contributed by atoms with Gasteiger partial charge in [-0.2, -0.15) is 0 Å². The van der Waals surface area contributed by atoms with Gasteiger partial charge in [0.2, 0.25) is 0 Å². The molecule has 0 unspecified atom stereocenters. The van der Waals surface area contributed by atoms with Crippen molar-refractivity contribution in [2.75, 3.05) is 0 Å². The summed E-state index contributed by atoms with van der Waals surface area (Å²) in [4.78, 5) is 12.9. The number of rotatable bonds is 6. The monoisotopic (exact) mass is 282 g/mol. The van der Waals surface area contributed by atoms with Crippen LogP contribution in [-0.2, 0) is 4.79 Å². The first-order valence-corrected chi connectivity index (χ1v) is 9.84. The maximum Gasteiger partial charge on any atom is 0.190 e. The molecule has 0 bridgehead atoms. The van der Waals surface area contributed by atoms with Crippen LogP contribution in [0.1, 0.15) is 26.2 Å². The van der Waals surface area contributed by atoms with Gasteiger partial charge in [0.1, 0.15) is 5.41 Å². The van der Waals surface area contributed by atoms with E-state index in [0.29, 0.717) is 11.8 Å². The Bertz CT molecular complexity index is 509. The smallest absolute Gasteiger partial charge is 0.190 e. The quantitative estimate of drug-likeness (QED) is 0.744. The molecular weight excluding hydrogens is 260 g/mol. The molecule has 0 aliphatic heterocycles. The molecule has 2 heteroatoms. The Hall–Kier alpha value is -1.67. The average Bonchev–Trinajstić information content (AvgIpc) is 2.53. The second kappa shape index (κ2) is 6.66. The van der Waals surface area contributed by atoms with Crippen LogP contribution in [-0.4, -0.2) is 13.5 Å². The third kappa shape index (κ3) is 2.91. The lowest BCUT2D eigenvalue weighted by molar-refractivity contribution is -0.112. The van der Waals surface area contributed by atoms with Crippen LogP contribution in [0.4, 0.5) is 0 Å². The SMILES string of the molecule is CCCCC(=O)[Si](C)(c1ccccc1)c1ccccc1. The predicted molar refractivity (Wildman–Crippen MR) is 88.3 cm³/mol. The molecule has 2 aromatic carbocycles. The van der Waals surface area contributed by atoms with E-state index in [1.807, 2.05) is 36.4 Å². The maximum atomic E-state index is 12.9. The maximum absolute atomic E-state index is 12.9. The summed E-state index contributed by atoms with van der Waals surface area (Å²) in [7, 11) is -2.28. The van der Waals surface area contributed by atoms with Crippen molar-refractivity contribution in [2.45, 2.75) is 32.7 Å². The molecule has 0 saturated heterocycles. The lowest BCUT2D eigenvalue weighted by Gasteiger charge is -2.27. The van der Waals surface area contributed by atoms with E-state index < -0.39 is 8.07 Å². The Balaban J connectivity index is 2.46. The molecule has 2 rings (SSSR count). The predicted octanol–water partition coefficient (Wildman–Crippen LogP) is 3.18. The molecule has 0 heterocycles. The first-order chi connectivity index (χ1) is 9.69. The van der Waals surface area contributed by atoms with Crippen molar-refractivity contribution >= 4 is 23.9 Å². The van der Waals surface area contributed by atoms with Crippen LogP contribution >= 0.6 is 0 Å². The van der Waals surface area contributed by atoms with Gasteiger partial charge in [-0.05, 0) is 16.8 Å². The molecule has 104 valence electrons. The summed E-state index contributed by atoms with van der Waals surface area (Å²) in [6.07, 6.45) is 2.75. The van der Waals surface area contributed by atoms with Gasteiger partial charge >= 0.3 is 0 Å². The van der Waals surface area contributed by atoms with Crippen LogP contribution in [0.15, 0.2) is 60.7 Å². The van der Waals surface area contributed by atoms with Gasteiger partial charge in [0.05, 0.1) is 0 Å². The van der Waals surface area contributed by atoms with Gasteiger partial charge in [0.15, 0.2) is 8.07 Å². The topological polar surface area (TPSA) is 17.1 Å². The van der Waals surface area contributed by atoms with Crippen molar-refractivity contribution in [1.82, 2.24) is 0 Å². The zero-order chi connectivity index (χ0) is 14.4. The van der Waals surface area contributed by atoms with Crippen LogP contribution in [0.2, 0.25) is 6.55 Å². The minimum absolute atomic E-state index is 0.441. The molecule has 0 radical (unpaired) electrons. The van der Waals surface area contributed by atoms with Crippen LogP contribution in [0, 0.1) is 0 Å². The number of unbranched alkanes of at least 4 members (excludes halogenated alkanes) is 1. The first-order valence-electron chi connectivity index (χ1n) is 7.34. The van der Waals surface area contributed by atoms with E-state index in [9.17, 15) is 4.79 Å². The second-order valence-corrected chi connectivity index (χ2v) is 9.35. The number of hydrogen-bond donors (Lipinski definition) is 0. The van der Waals surface area contributed by atoms with Gasteiger partial charge in [-0.1, -0.05) is 80.6 Å². The highest BCUT2D eigenvalue weighted by Gasteiger charge is 2.38. The number of hydrogen-bond acceptors (Lipinski definition) is 1. The van der Waals surface area contributed by atoms with Gasteiger partial charge in [-0.25, -0.2) is 0 Å². The number of carbonyl (C=O) groups excluding carboxylic acids is 1. The summed E-state index contributed by atoms with van der Waals surface area (Å²) in [5.41, 5.74) is 0. The Kier molecular flexibility index (Phi) is 4.91. The van der Waals surface area contributed by atoms with Gasteiger partial charge in [-0.15, -0.1) is 0 Å². The minimum atomic E-state index is -2.28. The molecule has 0 atom stereocenters. The third-order valence-electron chi connectivity index (χ3n) is 4.02. The molecule has 2 aromatic rings. The van der Waals surface area contributed by atoms with Gasteiger partial charge in [0, 0.05) is 6.42 Å². The molecule has 20 heavy (non-hydrogen) atoms. The van der Waals surface area contributed by atoms with Gasteiger partial charge in [-0.3, -0.25) is 0 Å². The van der Waals surface area contributed by atoms with Crippen LogP contribution in [0.3, 0.4) is 0 Å². The van der Waals surface area contributed by atoms with E-state index in [1.54, 1.807) is 0 Å². The lowest BCUT2D eigenvalue weighted by atomic mass is 10.3. The Morgan fingerprint density at radius 3 is 1.75 bits per heavy atom. The summed E-state index contributed by atoms with van der Waals surface area (Å²) in [6.45, 7) is 4.33. The summed E-state index contributed by atoms with van der Waals surface area (Å²) in [6, 6.07) is 20.6. The first kappa shape index (κ1) is 14.7. The van der Waals surface area contributed by atoms with Gasteiger partial charge in [0.25, 0.3) is 0 Å². The summed E-state index contributed by atoms with van der Waals surface area (Å²) >= 11 is 0. The molecule has 0 amide bonds. The lowest BCUT2D eigenvalue weighted by Crippen LogP contribution is -2.62. The molecule has 1 nitrogen and oxygen atoms in total. The summed E-state index contributed by atoms with van der Waals surface area (Å²) < 4.78 is 0. The highest BCUT2D eigenvalue weighted by Crippen LogP contribution is 2.11. The highest BCUT2D eigenvalue weighted by atomic mass is 28.3. The fourth-order valence-electron chi connectivity index (χ4n) is 2.62. The molecule has 0 spiro atoms. The molecule has 0 aliphatic carbocycles. The molecular formula is C18H22OSi. The number of benzene rings is 2. The van der Waals surface area contributed by atoms with Crippen molar-refractivity contribution in [1.29, 1.82) is 0 Å². The van der Waals surface area contributed by atoms with E-state index in [0.717, 1.165) is 12.8 Å². The zero-order valence-corrected chi connectivity index (χ0v) is 13.3. The van der Waals surface area contributed by atoms with Crippen LogP contribution in [0.25, 0.3) is 0 Å². The fraction of sp³-hybridized carbons (Fsp3) is 0.278. The van der Waals surface area contributed by atoms with Gasteiger partial charge < -0.3 is 4.79 Å². The van der Waals surface area contributed by atoms with E-state index in [2.05, 4.69) is 37.7 Å². The van der Waals surface area contributed by atoms with Crippen molar-refractivity contribution in [2.24, 2.45) is 0 Å². The van der Waals surface area contributed by atoms with Crippen molar-refractivity contribution < 1.29 is 4.79 Å². The summed E-state index contributed by atoms with van der Waals surface area (Å²) in [5.74, 6) is 0. The molecule has 0 fully saturated rings. The zero-order valence-electron chi connectivity index (χ0n) is 12.3. The minimum Gasteiger partial charge on any atom is -0.305 e. The number of carbonyl (C=O) groups is 1. The Morgan fingerprint density at radius 1 is 0.900 bits per heavy atom. The molecule has 0 saturated carbocycles. The van der Waals surface area contributed by atoms with Crippen LogP contribution < -0.4 is 10.4 Å². The van der Waals surface area contributed by atoms with E-state index in [4.69, 9.17) is 0 Å². The summed E-state index contributed by atoms with van der Waals surface area (Å²) in [5, 5.41) is 2.87. The fourth-order valence-corrected chi connectivity index (χ4v) is 5.99. The van der Waals surface area contributed by atoms with Crippen molar-refractivity contribution in [3.05, 3.63) is 60.7 Å². The van der Waals surface area contributed by atoms with E-state index in [1.165, 1.54) is 10.4 Å². The largest absolute Gasteiger partial charge is 0.305 e. The Morgan fingerprint density at radius 2 is 1.35 bits per heavy atom. The normalized spacial score (nSPS) is 11.3. The van der Waals surface area contributed by atoms with E-state index >= 15 is 0 Å². The average molecular weight is 282 g/mol. The van der Waals surface area contributed by atoms with Crippen LogP contribution in [0.5, 0.6) is 0 Å². The molecule has 0 N–H and O–H groups in total.